The van der Waals surface area contributed by atoms with Gasteiger partial charge in [-0.3, -0.25) is 9.59 Å². The van der Waals surface area contributed by atoms with Gasteiger partial charge >= 0.3 is 0 Å². The lowest BCUT2D eigenvalue weighted by Gasteiger charge is -2.31. The van der Waals surface area contributed by atoms with Crippen LogP contribution < -0.4 is 4.74 Å². The van der Waals surface area contributed by atoms with Gasteiger partial charge in [-0.25, -0.2) is 9.37 Å². The lowest BCUT2D eigenvalue weighted by atomic mass is 9.88. The molecule has 0 atom stereocenters. The number of piperidine rings is 1. The number of aromatic hydroxyl groups is 1. The topological polar surface area (TPSA) is 79.7 Å². The molecular weight excluding hydrogens is 431 g/mol. The number of likely N-dealkylation sites (tertiary alicyclic amines) is 1. The molecular formula is C24H23FN2O4S. The zero-order valence-electron chi connectivity index (χ0n) is 17.4. The first-order chi connectivity index (χ1) is 15.5. The highest BCUT2D eigenvalue weighted by atomic mass is 32.1. The number of Topliss-reactive ketones (excluding diaryl/α,β-unsaturated/α-hetero) is 1. The van der Waals surface area contributed by atoms with Crippen molar-refractivity contribution in [2.45, 2.75) is 25.9 Å². The SMILES string of the molecule is O=C(c1ccc(O)cc1)C1CCN(C(=O)Cc2csc(COc3ccc(F)cc3)n2)CC1. The summed E-state index contributed by atoms with van der Waals surface area (Å²) < 4.78 is 18.6. The van der Waals surface area contributed by atoms with Crippen LogP contribution in [-0.4, -0.2) is 39.8 Å². The van der Waals surface area contributed by atoms with Gasteiger partial charge in [-0.15, -0.1) is 11.3 Å². The molecule has 32 heavy (non-hydrogen) atoms. The summed E-state index contributed by atoms with van der Waals surface area (Å²) in [5, 5.41) is 12.0. The molecule has 0 unspecified atom stereocenters. The van der Waals surface area contributed by atoms with Crippen LogP contribution in [0.15, 0.2) is 53.9 Å². The summed E-state index contributed by atoms with van der Waals surface area (Å²) in [7, 11) is 0. The van der Waals surface area contributed by atoms with E-state index in [1.165, 1.54) is 35.6 Å². The van der Waals surface area contributed by atoms with E-state index >= 15 is 0 Å². The summed E-state index contributed by atoms with van der Waals surface area (Å²) in [4.78, 5) is 31.6. The minimum absolute atomic E-state index is 0.00293. The monoisotopic (exact) mass is 454 g/mol. The quantitative estimate of drug-likeness (QED) is 0.541. The molecule has 1 saturated heterocycles. The Labute approximate surface area is 189 Å². The second-order valence-electron chi connectivity index (χ2n) is 7.72. The van der Waals surface area contributed by atoms with Gasteiger partial charge in [0.05, 0.1) is 12.1 Å². The third-order valence-corrected chi connectivity index (χ3v) is 6.35. The Bertz CT molecular complexity index is 1070. The van der Waals surface area contributed by atoms with Crippen molar-refractivity contribution in [3.63, 3.8) is 0 Å². The Balaban J connectivity index is 1.25. The number of aromatic nitrogens is 1. The molecule has 4 rings (SSSR count). The van der Waals surface area contributed by atoms with Crippen molar-refractivity contribution in [3.05, 3.63) is 76.0 Å². The molecule has 0 bridgehead atoms. The maximum atomic E-state index is 13.0. The average molecular weight is 455 g/mol. The van der Waals surface area contributed by atoms with Gasteiger partial charge in [0.2, 0.25) is 5.91 Å². The Kier molecular flexibility index (Phi) is 6.80. The molecule has 0 saturated carbocycles. The molecule has 1 amide bonds. The van der Waals surface area contributed by atoms with E-state index in [0.717, 1.165) is 5.01 Å². The molecule has 0 spiro atoms. The van der Waals surface area contributed by atoms with Crippen LogP contribution >= 0.6 is 11.3 Å². The number of nitrogens with zero attached hydrogens (tertiary/aromatic N) is 2. The second kappa shape index (κ2) is 9.91. The van der Waals surface area contributed by atoms with Crippen molar-refractivity contribution < 1.29 is 23.8 Å². The number of carbonyl (C=O) groups excluding carboxylic acids is 2. The standard InChI is InChI=1S/C24H23FN2O4S/c25-18-3-7-21(8-4-18)31-14-22-26-19(15-32-22)13-23(29)27-11-9-17(10-12-27)24(30)16-1-5-20(28)6-2-16/h1-8,15,17,28H,9-14H2. The minimum atomic E-state index is -0.318. The molecule has 6 nitrogen and oxygen atoms in total. The van der Waals surface area contributed by atoms with Crippen molar-refractivity contribution in [1.82, 2.24) is 9.88 Å². The maximum Gasteiger partial charge on any atom is 0.228 e. The number of benzene rings is 2. The fourth-order valence-electron chi connectivity index (χ4n) is 3.69. The van der Waals surface area contributed by atoms with Crippen molar-refractivity contribution in [2.75, 3.05) is 13.1 Å². The maximum absolute atomic E-state index is 13.0. The number of ketones is 1. The highest BCUT2D eigenvalue weighted by molar-refractivity contribution is 7.09. The van der Waals surface area contributed by atoms with Crippen LogP contribution in [0, 0.1) is 11.7 Å². The number of hydrogen-bond donors (Lipinski definition) is 1. The summed E-state index contributed by atoms with van der Waals surface area (Å²) in [6.45, 7) is 1.34. The molecule has 0 aliphatic carbocycles. The molecule has 2 heterocycles. The van der Waals surface area contributed by atoms with Crippen LogP contribution in [0.3, 0.4) is 0 Å². The molecule has 3 aromatic rings. The van der Waals surface area contributed by atoms with Crippen LogP contribution in [0.25, 0.3) is 0 Å². The van der Waals surface area contributed by atoms with Crippen molar-refractivity contribution in [3.8, 4) is 11.5 Å². The molecule has 1 aliphatic rings. The van der Waals surface area contributed by atoms with Gasteiger partial charge in [0.1, 0.15) is 28.9 Å². The molecule has 1 aliphatic heterocycles. The van der Waals surface area contributed by atoms with Crippen LogP contribution in [0.4, 0.5) is 4.39 Å². The lowest BCUT2D eigenvalue weighted by molar-refractivity contribution is -0.131. The third kappa shape index (κ3) is 5.50. The molecule has 0 radical (unpaired) electrons. The smallest absolute Gasteiger partial charge is 0.228 e. The highest BCUT2D eigenvalue weighted by Gasteiger charge is 2.28. The van der Waals surface area contributed by atoms with E-state index in [9.17, 15) is 19.1 Å². The van der Waals surface area contributed by atoms with Crippen LogP contribution in [0.5, 0.6) is 11.5 Å². The van der Waals surface area contributed by atoms with Crippen molar-refractivity contribution >= 4 is 23.0 Å². The van der Waals surface area contributed by atoms with Gasteiger partial charge in [0.15, 0.2) is 5.78 Å². The Hall–Kier alpha value is -3.26. The number of halogens is 1. The lowest BCUT2D eigenvalue weighted by Crippen LogP contribution is -2.41. The van der Waals surface area contributed by atoms with Gasteiger partial charge in [-0.05, 0) is 61.4 Å². The third-order valence-electron chi connectivity index (χ3n) is 5.48. The Morgan fingerprint density at radius 2 is 1.78 bits per heavy atom. The van der Waals surface area contributed by atoms with E-state index in [2.05, 4.69) is 4.98 Å². The molecule has 8 heteroatoms. The van der Waals surface area contributed by atoms with E-state index in [-0.39, 0.29) is 42.2 Å². The summed E-state index contributed by atoms with van der Waals surface area (Å²) in [6.07, 6.45) is 1.46. The van der Waals surface area contributed by atoms with Gasteiger partial charge in [0, 0.05) is 30.0 Å². The minimum Gasteiger partial charge on any atom is -0.508 e. The fourth-order valence-corrected chi connectivity index (χ4v) is 4.40. The fraction of sp³-hybridized carbons (Fsp3) is 0.292. The van der Waals surface area contributed by atoms with E-state index in [4.69, 9.17) is 4.74 Å². The van der Waals surface area contributed by atoms with Crippen LogP contribution in [0.2, 0.25) is 0 Å². The summed E-state index contributed by atoms with van der Waals surface area (Å²) in [5.41, 5.74) is 1.28. The number of rotatable bonds is 7. The zero-order valence-corrected chi connectivity index (χ0v) is 18.2. The molecule has 2 aromatic carbocycles. The number of phenolic OH excluding ortho intramolecular Hbond substituents is 1. The zero-order chi connectivity index (χ0) is 22.5. The van der Waals surface area contributed by atoms with Gasteiger partial charge in [-0.1, -0.05) is 0 Å². The summed E-state index contributed by atoms with van der Waals surface area (Å²) in [6, 6.07) is 12.1. The van der Waals surface area contributed by atoms with Crippen LogP contribution in [0.1, 0.15) is 33.9 Å². The molecule has 1 N–H and O–H groups in total. The predicted molar refractivity (Wildman–Crippen MR) is 118 cm³/mol. The first kappa shape index (κ1) is 22.0. The number of phenols is 1. The van der Waals surface area contributed by atoms with E-state index in [1.54, 1.807) is 29.2 Å². The van der Waals surface area contributed by atoms with E-state index in [1.807, 2.05) is 5.38 Å². The molecule has 1 fully saturated rings. The first-order valence-corrected chi connectivity index (χ1v) is 11.3. The van der Waals surface area contributed by atoms with Gasteiger partial charge in [0.25, 0.3) is 0 Å². The van der Waals surface area contributed by atoms with E-state index in [0.29, 0.717) is 42.9 Å². The summed E-state index contributed by atoms with van der Waals surface area (Å²) >= 11 is 1.42. The number of hydrogen-bond acceptors (Lipinski definition) is 6. The van der Waals surface area contributed by atoms with Crippen LogP contribution in [-0.2, 0) is 17.8 Å². The first-order valence-electron chi connectivity index (χ1n) is 10.4. The van der Waals surface area contributed by atoms with Gasteiger partial charge in [-0.2, -0.15) is 0 Å². The normalized spacial score (nSPS) is 14.3. The number of thiazole rings is 1. The second-order valence-corrected chi connectivity index (χ2v) is 8.66. The number of carbonyl (C=O) groups is 2. The largest absolute Gasteiger partial charge is 0.508 e. The number of ether oxygens (including phenoxy) is 1. The van der Waals surface area contributed by atoms with Crippen molar-refractivity contribution in [1.29, 1.82) is 0 Å². The van der Waals surface area contributed by atoms with Gasteiger partial charge < -0.3 is 14.7 Å². The van der Waals surface area contributed by atoms with Crippen molar-refractivity contribution in [2.24, 2.45) is 5.92 Å². The predicted octanol–water partition coefficient (Wildman–Crippen LogP) is 4.23. The summed E-state index contributed by atoms with van der Waals surface area (Å²) in [5.74, 6) is 0.316. The molecule has 1 aromatic heterocycles. The number of amides is 1. The van der Waals surface area contributed by atoms with E-state index < -0.39 is 0 Å². The Morgan fingerprint density at radius 3 is 2.47 bits per heavy atom. The highest BCUT2D eigenvalue weighted by Crippen LogP contribution is 2.24. The average Bonchev–Trinajstić information content (AvgIpc) is 3.26. The Morgan fingerprint density at radius 1 is 1.09 bits per heavy atom. The molecule has 166 valence electrons.